The van der Waals surface area contributed by atoms with E-state index in [0.29, 0.717) is 18.4 Å². The van der Waals surface area contributed by atoms with Crippen molar-refractivity contribution in [3.8, 4) is 0 Å². The second kappa shape index (κ2) is 6.92. The fraction of sp³-hybridized carbons (Fsp3) is 0.412. The van der Waals surface area contributed by atoms with E-state index in [0.717, 1.165) is 17.1 Å². The topological polar surface area (TPSA) is 63.3 Å². The molecule has 1 unspecified atom stereocenters. The van der Waals surface area contributed by atoms with Crippen molar-refractivity contribution in [1.82, 2.24) is 4.98 Å². The summed E-state index contributed by atoms with van der Waals surface area (Å²) in [5.41, 5.74) is 10.0. The van der Waals surface area contributed by atoms with Crippen LogP contribution in [0.2, 0.25) is 0 Å². The maximum absolute atomic E-state index is 6.06. The zero-order valence-corrected chi connectivity index (χ0v) is 13.7. The largest absolute Gasteiger partial charge is 0.370 e. The van der Waals surface area contributed by atoms with Crippen LogP contribution in [0.3, 0.4) is 0 Å². The summed E-state index contributed by atoms with van der Waals surface area (Å²) in [5, 5.41) is 6.38. The van der Waals surface area contributed by atoms with Gasteiger partial charge in [-0.15, -0.1) is 11.3 Å². The molecular weight excluding hydrogens is 292 g/mol. The number of thiazole rings is 1. The van der Waals surface area contributed by atoms with Gasteiger partial charge in [-0.25, -0.2) is 4.98 Å². The third kappa shape index (κ3) is 3.47. The van der Waals surface area contributed by atoms with Gasteiger partial charge in [0.25, 0.3) is 0 Å². The van der Waals surface area contributed by atoms with Crippen LogP contribution >= 0.6 is 11.3 Å². The molecule has 1 heterocycles. The van der Waals surface area contributed by atoms with E-state index < -0.39 is 0 Å². The molecule has 22 heavy (non-hydrogen) atoms. The molecule has 1 aromatic carbocycles. The van der Waals surface area contributed by atoms with Crippen LogP contribution in [0.5, 0.6) is 0 Å². The van der Waals surface area contributed by atoms with Crippen molar-refractivity contribution in [2.24, 2.45) is 10.7 Å². The van der Waals surface area contributed by atoms with Gasteiger partial charge < -0.3 is 11.1 Å². The van der Waals surface area contributed by atoms with Crippen molar-refractivity contribution in [3.05, 3.63) is 45.9 Å². The highest BCUT2D eigenvalue weighted by Crippen LogP contribution is 2.27. The van der Waals surface area contributed by atoms with Crippen molar-refractivity contribution in [3.63, 3.8) is 0 Å². The van der Waals surface area contributed by atoms with Crippen LogP contribution < -0.4 is 11.1 Å². The first-order valence-electron chi connectivity index (χ1n) is 7.81. The van der Waals surface area contributed by atoms with E-state index in [1.807, 2.05) is 11.6 Å². The summed E-state index contributed by atoms with van der Waals surface area (Å²) in [4.78, 5) is 8.80. The second-order valence-corrected chi connectivity index (χ2v) is 6.70. The van der Waals surface area contributed by atoms with Crippen LogP contribution in [0, 0.1) is 0 Å². The Kier molecular flexibility index (Phi) is 4.73. The van der Waals surface area contributed by atoms with Gasteiger partial charge in [0.2, 0.25) is 0 Å². The lowest BCUT2D eigenvalue weighted by atomic mass is 9.90. The lowest BCUT2D eigenvalue weighted by Crippen LogP contribution is -2.24. The fourth-order valence-electron chi connectivity index (χ4n) is 2.87. The van der Waals surface area contributed by atoms with E-state index in [-0.39, 0.29) is 0 Å². The average Bonchev–Trinajstić information content (AvgIpc) is 3.07. The van der Waals surface area contributed by atoms with Crippen LogP contribution in [0.1, 0.15) is 41.8 Å². The normalized spacial score (nSPS) is 16.1. The molecule has 0 saturated heterocycles. The molecule has 0 spiro atoms. The molecule has 0 bridgehead atoms. The van der Waals surface area contributed by atoms with Gasteiger partial charge in [-0.2, -0.15) is 0 Å². The van der Waals surface area contributed by atoms with E-state index in [2.05, 4.69) is 40.4 Å². The van der Waals surface area contributed by atoms with Crippen LogP contribution in [-0.4, -0.2) is 17.5 Å². The van der Waals surface area contributed by atoms with Crippen LogP contribution in [0.4, 0.5) is 5.69 Å². The Bertz CT molecular complexity index is 649. The van der Waals surface area contributed by atoms with Crippen LogP contribution in [0.15, 0.2) is 34.8 Å². The molecule has 1 aromatic heterocycles. The maximum atomic E-state index is 6.06. The van der Waals surface area contributed by atoms with Gasteiger partial charge in [-0.3, -0.25) is 4.99 Å². The number of aromatic nitrogens is 1. The maximum Gasteiger partial charge on any atom is 0.193 e. The van der Waals surface area contributed by atoms with E-state index in [4.69, 9.17) is 5.73 Å². The number of nitrogens with one attached hydrogen (secondary N) is 1. The van der Waals surface area contributed by atoms with Gasteiger partial charge in [0, 0.05) is 23.2 Å². The molecule has 2 aromatic rings. The van der Waals surface area contributed by atoms with Crippen molar-refractivity contribution in [1.29, 1.82) is 0 Å². The lowest BCUT2D eigenvalue weighted by molar-refractivity contribution is 0.687. The van der Waals surface area contributed by atoms with Crippen molar-refractivity contribution in [2.75, 3.05) is 11.9 Å². The minimum atomic E-state index is 0.296. The monoisotopic (exact) mass is 314 g/mol. The number of guanidine groups is 1. The number of nitrogens with zero attached hydrogens (tertiary/aromatic N) is 2. The number of nitrogens with two attached hydrogens (primary N) is 1. The number of anilines is 1. The highest BCUT2D eigenvalue weighted by atomic mass is 32.1. The Labute approximate surface area is 135 Å². The molecular formula is C17H22N4S. The Morgan fingerprint density at radius 3 is 3.09 bits per heavy atom. The second-order valence-electron chi connectivity index (χ2n) is 5.77. The molecule has 0 fully saturated rings. The summed E-state index contributed by atoms with van der Waals surface area (Å²) >= 11 is 1.66. The molecule has 5 heteroatoms. The molecule has 0 radical (unpaired) electrons. The molecule has 1 atom stereocenters. The molecule has 1 aliphatic carbocycles. The number of aryl methyl sites for hydroxylation is 1. The lowest BCUT2D eigenvalue weighted by Gasteiger charge is -2.20. The molecule has 3 rings (SSSR count). The number of benzene rings is 1. The first-order valence-corrected chi connectivity index (χ1v) is 8.69. The summed E-state index contributed by atoms with van der Waals surface area (Å²) in [5.74, 6) is 0.785. The smallest absolute Gasteiger partial charge is 0.193 e. The number of aliphatic imine (C=N–C) groups is 1. The van der Waals surface area contributed by atoms with Gasteiger partial charge in [0.15, 0.2) is 5.96 Å². The zero-order valence-electron chi connectivity index (χ0n) is 12.9. The van der Waals surface area contributed by atoms with E-state index in [9.17, 15) is 0 Å². The van der Waals surface area contributed by atoms with Gasteiger partial charge in [-0.05, 0) is 42.9 Å². The molecule has 0 aliphatic heterocycles. The number of fused-ring (bicyclic) bond motifs is 1. The van der Waals surface area contributed by atoms with Crippen molar-refractivity contribution in [2.45, 2.75) is 38.5 Å². The zero-order chi connectivity index (χ0) is 15.4. The Balaban J connectivity index is 1.66. The number of hydrogen-bond donors (Lipinski definition) is 2. The van der Waals surface area contributed by atoms with Gasteiger partial charge in [0.1, 0.15) is 0 Å². The van der Waals surface area contributed by atoms with Crippen LogP contribution in [0.25, 0.3) is 0 Å². The summed E-state index contributed by atoms with van der Waals surface area (Å²) in [6.07, 6.45) is 6.66. The predicted octanol–water partition coefficient (Wildman–Crippen LogP) is 3.55. The Morgan fingerprint density at radius 2 is 2.27 bits per heavy atom. The predicted molar refractivity (Wildman–Crippen MR) is 93.7 cm³/mol. The Hall–Kier alpha value is -1.88. The van der Waals surface area contributed by atoms with Crippen molar-refractivity contribution < 1.29 is 0 Å². The van der Waals surface area contributed by atoms with Crippen LogP contribution in [-0.2, 0) is 12.8 Å². The van der Waals surface area contributed by atoms with E-state index in [1.165, 1.54) is 30.4 Å². The molecule has 0 saturated carbocycles. The Morgan fingerprint density at radius 1 is 1.41 bits per heavy atom. The summed E-state index contributed by atoms with van der Waals surface area (Å²) < 4.78 is 0. The van der Waals surface area contributed by atoms with Crippen molar-refractivity contribution >= 4 is 23.0 Å². The summed E-state index contributed by atoms with van der Waals surface area (Å²) in [6.45, 7) is 2.78. The molecule has 3 N–H and O–H groups in total. The van der Waals surface area contributed by atoms with Gasteiger partial charge >= 0.3 is 0 Å². The first-order chi connectivity index (χ1) is 10.7. The summed E-state index contributed by atoms with van der Waals surface area (Å²) in [6, 6.07) is 6.41. The van der Waals surface area contributed by atoms with Gasteiger partial charge in [-0.1, -0.05) is 19.1 Å². The first kappa shape index (κ1) is 15.0. The highest BCUT2D eigenvalue weighted by Gasteiger charge is 2.13. The molecule has 4 nitrogen and oxygen atoms in total. The van der Waals surface area contributed by atoms with E-state index >= 15 is 0 Å². The SMILES string of the molecule is CC(CN=C(N)Nc1cccc2c1CCCC2)c1nccs1. The number of rotatable bonds is 4. The standard InChI is InChI=1S/C17H22N4S/c1-12(16-19-9-10-22-16)11-20-17(18)21-15-8-4-6-13-5-2-3-7-14(13)15/h4,6,8-10,12H,2-3,5,7,11H2,1H3,(H3,18,20,21). The number of hydrogen-bond acceptors (Lipinski definition) is 3. The molecule has 0 amide bonds. The minimum absolute atomic E-state index is 0.296. The van der Waals surface area contributed by atoms with Gasteiger partial charge in [0.05, 0.1) is 11.6 Å². The third-order valence-electron chi connectivity index (χ3n) is 4.07. The summed E-state index contributed by atoms with van der Waals surface area (Å²) in [7, 11) is 0. The third-order valence-corrected chi connectivity index (χ3v) is 5.07. The minimum Gasteiger partial charge on any atom is -0.370 e. The molecule has 1 aliphatic rings. The fourth-order valence-corrected chi connectivity index (χ4v) is 3.56. The average molecular weight is 314 g/mol. The highest BCUT2D eigenvalue weighted by molar-refractivity contribution is 7.09. The van der Waals surface area contributed by atoms with E-state index in [1.54, 1.807) is 11.3 Å². The molecule has 116 valence electrons. The quantitative estimate of drug-likeness (QED) is 0.670.